The second-order valence-corrected chi connectivity index (χ2v) is 6.82. The van der Waals surface area contributed by atoms with Gasteiger partial charge in [-0.1, -0.05) is 23.7 Å². The highest BCUT2D eigenvalue weighted by atomic mass is 35.5. The van der Waals surface area contributed by atoms with Crippen LogP contribution < -0.4 is 10.1 Å². The molecule has 2 rings (SSSR count). The summed E-state index contributed by atoms with van der Waals surface area (Å²) in [6, 6.07) is 7.10. The summed E-state index contributed by atoms with van der Waals surface area (Å²) in [5.74, 6) is -1.40. The van der Waals surface area contributed by atoms with E-state index in [9.17, 15) is 22.8 Å². The van der Waals surface area contributed by atoms with Crippen molar-refractivity contribution in [3.8, 4) is 5.75 Å². The number of benzene rings is 1. The molecule has 1 fully saturated rings. The molecule has 1 aliphatic rings. The number of carbonyl (C=O) groups is 2. The van der Waals surface area contributed by atoms with Gasteiger partial charge >= 0.3 is 12.1 Å². The Hall–Kier alpha value is -1.96. The molecular formula is C18H22ClF3N2O3. The first-order chi connectivity index (χ1) is 12.8. The SMILES string of the molecule is O=C(CCCOc1ccccc1Cl)N1CCC(CNC(=O)C(F)(F)F)CC1. The molecule has 1 heterocycles. The smallest absolute Gasteiger partial charge is 0.471 e. The number of likely N-dealkylation sites (tertiary alicyclic amines) is 1. The fourth-order valence-corrected chi connectivity index (χ4v) is 3.04. The topological polar surface area (TPSA) is 58.6 Å². The highest BCUT2D eigenvalue weighted by Crippen LogP contribution is 2.23. The van der Waals surface area contributed by atoms with Crippen molar-refractivity contribution in [2.24, 2.45) is 5.92 Å². The Balaban J connectivity index is 1.62. The lowest BCUT2D eigenvalue weighted by atomic mass is 9.96. The van der Waals surface area contributed by atoms with Crippen molar-refractivity contribution in [3.05, 3.63) is 29.3 Å². The van der Waals surface area contributed by atoms with Crippen molar-refractivity contribution in [3.63, 3.8) is 0 Å². The van der Waals surface area contributed by atoms with Gasteiger partial charge in [0.1, 0.15) is 5.75 Å². The van der Waals surface area contributed by atoms with Crippen LogP contribution in [0.2, 0.25) is 5.02 Å². The third-order valence-electron chi connectivity index (χ3n) is 4.41. The van der Waals surface area contributed by atoms with E-state index in [1.54, 1.807) is 23.1 Å². The number of halogens is 4. The van der Waals surface area contributed by atoms with Gasteiger partial charge in [0.2, 0.25) is 5.91 Å². The zero-order chi connectivity index (χ0) is 19.9. The summed E-state index contributed by atoms with van der Waals surface area (Å²) < 4.78 is 42.0. The van der Waals surface area contributed by atoms with Crippen molar-refractivity contribution in [1.82, 2.24) is 10.2 Å². The minimum absolute atomic E-state index is 0.00413. The molecule has 0 saturated carbocycles. The number of para-hydroxylation sites is 1. The second-order valence-electron chi connectivity index (χ2n) is 6.41. The molecule has 150 valence electrons. The minimum atomic E-state index is -4.86. The highest BCUT2D eigenvalue weighted by molar-refractivity contribution is 6.32. The van der Waals surface area contributed by atoms with Crippen molar-refractivity contribution < 1.29 is 27.5 Å². The van der Waals surface area contributed by atoms with E-state index in [4.69, 9.17) is 16.3 Å². The van der Waals surface area contributed by atoms with Crippen LogP contribution in [0.4, 0.5) is 13.2 Å². The lowest BCUT2D eigenvalue weighted by Gasteiger charge is -2.32. The lowest BCUT2D eigenvalue weighted by Crippen LogP contribution is -2.44. The predicted octanol–water partition coefficient (Wildman–Crippen LogP) is 3.42. The summed E-state index contributed by atoms with van der Waals surface area (Å²) in [5, 5.41) is 2.42. The number of hydrogen-bond donors (Lipinski definition) is 1. The number of alkyl halides is 3. The molecule has 0 unspecified atom stereocenters. The maximum atomic E-state index is 12.2. The van der Waals surface area contributed by atoms with E-state index in [1.165, 1.54) is 0 Å². The average molecular weight is 407 g/mol. The molecular weight excluding hydrogens is 385 g/mol. The number of hydrogen-bond acceptors (Lipinski definition) is 3. The number of amides is 2. The molecule has 5 nitrogen and oxygen atoms in total. The van der Waals surface area contributed by atoms with Gasteiger partial charge in [-0.2, -0.15) is 13.2 Å². The highest BCUT2D eigenvalue weighted by Gasteiger charge is 2.38. The lowest BCUT2D eigenvalue weighted by molar-refractivity contribution is -0.173. The molecule has 1 N–H and O–H groups in total. The molecule has 1 aliphatic heterocycles. The van der Waals surface area contributed by atoms with Gasteiger partial charge in [0.15, 0.2) is 0 Å². The Morgan fingerprint density at radius 1 is 1.22 bits per heavy atom. The number of piperidine rings is 1. The standard InChI is InChI=1S/C18H22ClF3N2O3/c19-14-4-1-2-5-15(14)27-11-3-6-16(25)24-9-7-13(8-10-24)12-23-17(26)18(20,21)22/h1-2,4-5,13H,3,6-12H2,(H,23,26). The maximum Gasteiger partial charge on any atom is 0.471 e. The van der Waals surface area contributed by atoms with E-state index in [0.29, 0.717) is 56.2 Å². The fourth-order valence-electron chi connectivity index (χ4n) is 2.85. The molecule has 0 spiro atoms. The van der Waals surface area contributed by atoms with E-state index >= 15 is 0 Å². The number of rotatable bonds is 7. The van der Waals surface area contributed by atoms with Gasteiger partial charge in [-0.25, -0.2) is 0 Å². The first-order valence-electron chi connectivity index (χ1n) is 8.77. The summed E-state index contributed by atoms with van der Waals surface area (Å²) >= 11 is 5.98. The second kappa shape index (κ2) is 9.82. The normalized spacial score (nSPS) is 15.5. The molecule has 0 radical (unpaired) electrons. The van der Waals surface area contributed by atoms with Gasteiger partial charge in [0.25, 0.3) is 0 Å². The van der Waals surface area contributed by atoms with Crippen molar-refractivity contribution in [1.29, 1.82) is 0 Å². The third kappa shape index (κ3) is 6.93. The van der Waals surface area contributed by atoms with Gasteiger partial charge in [-0.15, -0.1) is 0 Å². The van der Waals surface area contributed by atoms with Gasteiger partial charge in [0.05, 0.1) is 11.6 Å². The Kier molecular flexibility index (Phi) is 7.77. The first-order valence-corrected chi connectivity index (χ1v) is 9.15. The van der Waals surface area contributed by atoms with Gasteiger partial charge in [-0.3, -0.25) is 9.59 Å². The van der Waals surface area contributed by atoms with Crippen LogP contribution in [-0.2, 0) is 9.59 Å². The summed E-state index contributed by atoms with van der Waals surface area (Å²) in [6.07, 6.45) is -2.84. The van der Waals surface area contributed by atoms with Crippen LogP contribution in [0, 0.1) is 5.92 Å². The molecule has 1 saturated heterocycles. The zero-order valence-electron chi connectivity index (χ0n) is 14.7. The van der Waals surface area contributed by atoms with E-state index in [1.807, 2.05) is 11.4 Å². The quantitative estimate of drug-likeness (QED) is 0.706. The van der Waals surface area contributed by atoms with Gasteiger partial charge in [0, 0.05) is 26.1 Å². The maximum absolute atomic E-state index is 12.2. The van der Waals surface area contributed by atoms with Crippen LogP contribution in [0.5, 0.6) is 5.75 Å². The summed E-state index contributed by atoms with van der Waals surface area (Å²) in [5.41, 5.74) is 0. The van der Waals surface area contributed by atoms with Gasteiger partial charge in [-0.05, 0) is 37.3 Å². The predicted molar refractivity (Wildman–Crippen MR) is 94.5 cm³/mol. The minimum Gasteiger partial charge on any atom is -0.492 e. The Bertz CT molecular complexity index is 647. The molecule has 1 aromatic rings. The van der Waals surface area contributed by atoms with Crippen LogP contribution in [0.3, 0.4) is 0 Å². The number of nitrogens with zero attached hydrogens (tertiary/aromatic N) is 1. The summed E-state index contributed by atoms with van der Waals surface area (Å²) in [4.78, 5) is 24.7. The zero-order valence-corrected chi connectivity index (χ0v) is 15.5. The van der Waals surface area contributed by atoms with E-state index < -0.39 is 12.1 Å². The van der Waals surface area contributed by atoms with Crippen molar-refractivity contribution in [2.45, 2.75) is 31.9 Å². The molecule has 0 aromatic heterocycles. The number of nitrogens with one attached hydrogen (secondary N) is 1. The Morgan fingerprint density at radius 2 is 1.89 bits per heavy atom. The third-order valence-corrected chi connectivity index (χ3v) is 4.72. The molecule has 9 heteroatoms. The summed E-state index contributed by atoms with van der Waals surface area (Å²) in [7, 11) is 0. The Labute approximate surface area is 160 Å². The largest absolute Gasteiger partial charge is 0.492 e. The monoisotopic (exact) mass is 406 g/mol. The van der Waals surface area contributed by atoms with Crippen LogP contribution in [0.15, 0.2) is 24.3 Å². The average Bonchev–Trinajstić information content (AvgIpc) is 2.64. The first kappa shape index (κ1) is 21.3. The van der Waals surface area contributed by atoms with Crippen LogP contribution >= 0.6 is 11.6 Å². The van der Waals surface area contributed by atoms with E-state index in [0.717, 1.165) is 0 Å². The van der Waals surface area contributed by atoms with Crippen molar-refractivity contribution >= 4 is 23.4 Å². The van der Waals surface area contributed by atoms with E-state index in [2.05, 4.69) is 0 Å². The van der Waals surface area contributed by atoms with Crippen LogP contribution in [-0.4, -0.2) is 49.1 Å². The van der Waals surface area contributed by atoms with Crippen LogP contribution in [0.1, 0.15) is 25.7 Å². The van der Waals surface area contributed by atoms with E-state index in [-0.39, 0.29) is 18.4 Å². The molecule has 0 aliphatic carbocycles. The number of carbonyl (C=O) groups excluding carboxylic acids is 2. The summed E-state index contributed by atoms with van der Waals surface area (Å²) in [6.45, 7) is 1.31. The molecule has 0 atom stereocenters. The Morgan fingerprint density at radius 3 is 2.52 bits per heavy atom. The number of ether oxygens (including phenoxy) is 1. The molecule has 2 amide bonds. The molecule has 1 aromatic carbocycles. The molecule has 27 heavy (non-hydrogen) atoms. The van der Waals surface area contributed by atoms with Gasteiger partial charge < -0.3 is 15.0 Å². The van der Waals surface area contributed by atoms with Crippen molar-refractivity contribution in [2.75, 3.05) is 26.2 Å². The fraction of sp³-hybridized carbons (Fsp3) is 0.556. The molecule has 0 bridgehead atoms. The van der Waals surface area contributed by atoms with Crippen LogP contribution in [0.25, 0.3) is 0 Å².